The molecule has 0 bridgehead atoms. The van der Waals surface area contributed by atoms with E-state index < -0.39 is 20.4 Å². The third kappa shape index (κ3) is 3.82. The van der Waals surface area contributed by atoms with Crippen LogP contribution >= 0.6 is 0 Å². The molecule has 0 atom stereocenters. The summed E-state index contributed by atoms with van der Waals surface area (Å²) in [6, 6.07) is 43.2. The fourth-order valence-electron chi connectivity index (χ4n) is 5.86. The molecule has 1 aromatic heterocycles. The van der Waals surface area contributed by atoms with Gasteiger partial charge < -0.3 is 0 Å². The number of carbonyl (C=O) groups is 2. The van der Waals surface area contributed by atoms with Gasteiger partial charge in [0.15, 0.2) is 0 Å². The summed E-state index contributed by atoms with van der Waals surface area (Å²) in [5, 5.41) is 1.94. The van der Waals surface area contributed by atoms with Crippen molar-refractivity contribution in [2.75, 3.05) is 9.80 Å². The zero-order valence-corrected chi connectivity index (χ0v) is 24.2. The van der Waals surface area contributed by atoms with E-state index in [0.717, 1.165) is 42.8 Å². The Kier molecular flexibility index (Phi) is 5.56. The molecule has 2 heterocycles. The van der Waals surface area contributed by atoms with Crippen LogP contribution in [0.1, 0.15) is 24.3 Å². The third-order valence-electron chi connectivity index (χ3n) is 7.73. The summed E-state index contributed by atoms with van der Waals surface area (Å²) < 4.78 is 2.29. The first kappa shape index (κ1) is 24.1. The fourth-order valence-corrected chi connectivity index (χ4v) is 8.65. The molecule has 0 saturated carbocycles. The predicted octanol–water partition coefficient (Wildman–Crippen LogP) is 8.61. The molecule has 0 fully saturated rings. The van der Waals surface area contributed by atoms with Gasteiger partial charge in [-0.3, -0.25) is 0 Å². The van der Waals surface area contributed by atoms with Crippen molar-refractivity contribution in [3.8, 4) is 0 Å². The molecule has 194 valence electrons. The molecule has 1 aliphatic carbocycles. The van der Waals surface area contributed by atoms with Crippen LogP contribution in [0.3, 0.4) is 0 Å². The number of fused-ring (bicyclic) bond motifs is 4. The maximum atomic E-state index is 13.4. The van der Waals surface area contributed by atoms with Gasteiger partial charge in [-0.2, -0.15) is 0 Å². The topological polar surface area (TPSA) is 40.6 Å². The van der Waals surface area contributed by atoms with E-state index in [2.05, 4.69) is 94.7 Å². The van der Waals surface area contributed by atoms with Gasteiger partial charge in [0.25, 0.3) is 0 Å². The van der Waals surface area contributed by atoms with Gasteiger partial charge in [-0.05, 0) is 0 Å². The van der Waals surface area contributed by atoms with Gasteiger partial charge in [0, 0.05) is 0 Å². The number of carbonyl (C=O) groups excluding carboxylic acids is 2. The molecule has 4 nitrogen and oxygen atoms in total. The summed E-state index contributed by atoms with van der Waals surface area (Å²) in [6.07, 6.45) is 1.85. The van der Waals surface area contributed by atoms with Crippen molar-refractivity contribution in [2.24, 2.45) is 0 Å². The average Bonchev–Trinajstić information content (AvgIpc) is 3.57. The molecule has 0 unspecified atom stereocenters. The van der Waals surface area contributed by atoms with Gasteiger partial charge >= 0.3 is 248 Å². The summed E-state index contributed by atoms with van der Waals surface area (Å²) in [5.74, 6) is -0.352. The number of ketones is 2. The molecule has 41 heavy (non-hydrogen) atoms. The average molecular weight is 642 g/mol. The summed E-state index contributed by atoms with van der Waals surface area (Å²) in [4.78, 5) is 31.4. The zero-order valence-electron chi connectivity index (χ0n) is 21.8. The molecule has 8 rings (SSSR count). The van der Waals surface area contributed by atoms with Gasteiger partial charge in [-0.1, -0.05) is 0 Å². The Bertz CT molecular complexity index is 1950. The van der Waals surface area contributed by atoms with Gasteiger partial charge in [-0.25, -0.2) is 0 Å². The van der Waals surface area contributed by atoms with E-state index in [1.165, 1.54) is 3.70 Å². The van der Waals surface area contributed by atoms with Crippen LogP contribution in [-0.2, 0) is 0 Å². The summed E-state index contributed by atoms with van der Waals surface area (Å²) in [6.45, 7) is 0. The number of benzene rings is 5. The van der Waals surface area contributed by atoms with Crippen LogP contribution in [0, 0.1) is 0 Å². The standard InChI is InChI=1S/C36H22N2O2Te/c39-35-27-20-23-10-4-5-11-24(23)21-28(27)36(40)29(35)22-26-18-19-34(41-26)38-32-16-8-6-14-30(32)37(25-12-2-1-3-13-25)31-15-7-9-17-33(31)38/h1-22H. The SMILES string of the molecule is O=C1C(=Cc2ccc(N3c4ccccc4N(c4ccccc4)c4ccccc43)[te]2)C(=O)c2cc3ccccc3cc21. The summed E-state index contributed by atoms with van der Waals surface area (Å²) >= 11 is -0.883. The molecule has 0 spiro atoms. The van der Waals surface area contributed by atoms with Gasteiger partial charge in [0.1, 0.15) is 0 Å². The van der Waals surface area contributed by atoms with Crippen molar-refractivity contribution in [1.29, 1.82) is 0 Å². The summed E-state index contributed by atoms with van der Waals surface area (Å²) in [5.41, 5.74) is 6.84. The predicted molar refractivity (Wildman–Crippen MR) is 167 cm³/mol. The molecule has 0 N–H and O–H groups in total. The van der Waals surface area contributed by atoms with Crippen molar-refractivity contribution < 1.29 is 9.59 Å². The van der Waals surface area contributed by atoms with E-state index in [1.807, 2.05) is 48.5 Å². The van der Waals surface area contributed by atoms with Crippen LogP contribution in [-0.4, -0.2) is 32.0 Å². The second kappa shape index (κ2) is 9.45. The number of anilines is 6. The number of Topliss-reactive ketones (excluding diaryl/α,β-unsaturated/α-hetero) is 2. The minimum atomic E-state index is -0.883. The second-order valence-corrected chi connectivity index (χ2v) is 13.2. The quantitative estimate of drug-likeness (QED) is 0.110. The normalized spacial score (nSPS) is 13.8. The van der Waals surface area contributed by atoms with Crippen LogP contribution in [0.4, 0.5) is 32.1 Å². The Morgan fingerprint density at radius 2 is 1.00 bits per heavy atom. The van der Waals surface area contributed by atoms with Gasteiger partial charge in [0.05, 0.1) is 0 Å². The molecule has 0 radical (unpaired) electrons. The fraction of sp³-hybridized carbons (Fsp3) is 0. The van der Waals surface area contributed by atoms with Crippen LogP contribution in [0.25, 0.3) is 16.8 Å². The molecule has 5 aromatic carbocycles. The minimum absolute atomic E-state index is 0.176. The van der Waals surface area contributed by atoms with Crippen molar-refractivity contribution in [3.63, 3.8) is 0 Å². The number of hydrogen-bond acceptors (Lipinski definition) is 4. The van der Waals surface area contributed by atoms with Gasteiger partial charge in [-0.15, -0.1) is 0 Å². The molecular formula is C36H22N2O2Te. The van der Waals surface area contributed by atoms with Crippen molar-refractivity contribution >= 4 is 81.0 Å². The molecule has 1 aliphatic heterocycles. The van der Waals surface area contributed by atoms with Crippen molar-refractivity contribution in [1.82, 2.24) is 0 Å². The van der Waals surface area contributed by atoms with Crippen LogP contribution in [0.2, 0.25) is 0 Å². The van der Waals surface area contributed by atoms with Crippen molar-refractivity contribution in [3.05, 3.63) is 148 Å². The first-order chi connectivity index (χ1) is 20.2. The van der Waals surface area contributed by atoms with Crippen LogP contribution in [0.15, 0.2) is 133 Å². The van der Waals surface area contributed by atoms with E-state index in [-0.39, 0.29) is 17.1 Å². The number of nitrogens with zero attached hydrogens (tertiary/aromatic N) is 2. The maximum absolute atomic E-state index is 13.4. The molecule has 5 heteroatoms. The number of para-hydroxylation sites is 5. The first-order valence-corrected chi connectivity index (χ1v) is 15.8. The zero-order chi connectivity index (χ0) is 27.5. The Balaban J connectivity index is 1.21. The first-order valence-electron chi connectivity index (χ1n) is 13.4. The Morgan fingerprint density at radius 3 is 1.56 bits per heavy atom. The molecule has 6 aromatic rings. The number of hydrogen-bond donors (Lipinski definition) is 0. The monoisotopic (exact) mass is 644 g/mol. The molecule has 0 saturated heterocycles. The van der Waals surface area contributed by atoms with E-state index >= 15 is 0 Å². The Labute approximate surface area is 247 Å². The molecule has 0 amide bonds. The molecular weight excluding hydrogens is 620 g/mol. The number of allylic oxidation sites excluding steroid dienone is 1. The van der Waals surface area contributed by atoms with E-state index in [9.17, 15) is 9.59 Å². The van der Waals surface area contributed by atoms with Crippen LogP contribution < -0.4 is 9.80 Å². The number of rotatable bonds is 3. The van der Waals surface area contributed by atoms with Crippen LogP contribution in [0.5, 0.6) is 0 Å². The molecule has 2 aliphatic rings. The van der Waals surface area contributed by atoms with E-state index in [4.69, 9.17) is 0 Å². The third-order valence-corrected chi connectivity index (χ3v) is 10.6. The summed E-state index contributed by atoms with van der Waals surface area (Å²) in [7, 11) is 0. The van der Waals surface area contributed by atoms with E-state index in [0.29, 0.717) is 11.1 Å². The van der Waals surface area contributed by atoms with Crippen molar-refractivity contribution in [2.45, 2.75) is 0 Å². The van der Waals surface area contributed by atoms with Gasteiger partial charge in [0.2, 0.25) is 0 Å². The Morgan fingerprint density at radius 1 is 0.512 bits per heavy atom. The second-order valence-electron chi connectivity index (χ2n) is 10.1. The van der Waals surface area contributed by atoms with E-state index in [1.54, 1.807) is 0 Å². The Hall–Kier alpha value is -4.69.